The summed E-state index contributed by atoms with van der Waals surface area (Å²) in [5, 5.41) is 24.8. The number of carbonyl (C=O) groups excluding carboxylic acids is 1. The van der Waals surface area contributed by atoms with E-state index >= 15 is 0 Å². The Morgan fingerprint density at radius 1 is 1.14 bits per heavy atom. The zero-order valence-corrected chi connectivity index (χ0v) is 10.9. The molecule has 0 spiro atoms. The number of nitrogens with one attached hydrogen (secondary N) is 1. The minimum Gasteiger partial charge on any atom is -0.362 e. The highest BCUT2D eigenvalue weighted by Gasteiger charge is 2.34. The minimum absolute atomic E-state index is 0.0528. The van der Waals surface area contributed by atoms with Gasteiger partial charge in [0.15, 0.2) is 0 Å². The monoisotopic (exact) mass is 292 g/mol. The highest BCUT2D eigenvalue weighted by molar-refractivity contribution is 6.00. The maximum atomic E-state index is 12.1. The molecule has 1 aromatic carbocycles. The molecule has 9 heteroatoms. The second kappa shape index (κ2) is 4.69. The van der Waals surface area contributed by atoms with Crippen molar-refractivity contribution in [2.24, 2.45) is 0 Å². The van der Waals surface area contributed by atoms with Gasteiger partial charge < -0.3 is 10.2 Å². The first-order chi connectivity index (χ1) is 9.97. The van der Waals surface area contributed by atoms with E-state index in [1.807, 2.05) is 0 Å². The summed E-state index contributed by atoms with van der Waals surface area (Å²) in [5.41, 5.74) is -0.751. The minimum atomic E-state index is -0.763. The summed E-state index contributed by atoms with van der Waals surface area (Å²) in [5.74, 6) is -0.554. The summed E-state index contributed by atoms with van der Waals surface area (Å²) in [6.07, 6.45) is 1.71. The Hall–Kier alpha value is -2.71. The summed E-state index contributed by atoms with van der Waals surface area (Å²) in [6.45, 7) is 1.28. The third-order valence-electron chi connectivity index (χ3n) is 3.43. The zero-order valence-electron chi connectivity index (χ0n) is 10.9. The van der Waals surface area contributed by atoms with Gasteiger partial charge in [-0.3, -0.25) is 25.0 Å². The maximum Gasteiger partial charge on any atom is 0.299 e. The number of amides is 1. The van der Waals surface area contributed by atoms with Gasteiger partial charge in [0.05, 0.1) is 15.9 Å². The van der Waals surface area contributed by atoms with E-state index in [0.29, 0.717) is 13.1 Å². The molecular weight excluding hydrogens is 280 g/mol. The van der Waals surface area contributed by atoms with Crippen molar-refractivity contribution in [1.29, 1.82) is 0 Å². The van der Waals surface area contributed by atoms with Gasteiger partial charge in [0.25, 0.3) is 17.3 Å². The van der Waals surface area contributed by atoms with Crippen LogP contribution in [0.15, 0.2) is 12.1 Å². The third kappa shape index (κ3) is 2.62. The van der Waals surface area contributed by atoms with E-state index in [1.165, 1.54) is 6.07 Å². The average molecular weight is 292 g/mol. The van der Waals surface area contributed by atoms with Crippen LogP contribution in [0.2, 0.25) is 0 Å². The van der Waals surface area contributed by atoms with Crippen LogP contribution in [0.25, 0.3) is 0 Å². The number of nitro benzene ring substituents is 2. The van der Waals surface area contributed by atoms with Gasteiger partial charge in [0, 0.05) is 19.1 Å². The molecule has 1 aliphatic heterocycles. The largest absolute Gasteiger partial charge is 0.362 e. The van der Waals surface area contributed by atoms with Gasteiger partial charge in [-0.1, -0.05) is 0 Å². The van der Waals surface area contributed by atoms with Crippen molar-refractivity contribution >= 4 is 23.0 Å². The van der Waals surface area contributed by atoms with E-state index in [9.17, 15) is 25.0 Å². The highest BCUT2D eigenvalue weighted by Crippen LogP contribution is 2.37. The van der Waals surface area contributed by atoms with Crippen molar-refractivity contribution < 1.29 is 14.6 Å². The Labute approximate surface area is 118 Å². The van der Waals surface area contributed by atoms with Crippen molar-refractivity contribution in [2.45, 2.75) is 18.9 Å². The summed E-state index contributed by atoms with van der Waals surface area (Å²) in [6, 6.07) is 2.17. The van der Waals surface area contributed by atoms with Crippen LogP contribution in [-0.2, 0) is 0 Å². The molecule has 1 aromatic rings. The molecule has 9 nitrogen and oxygen atoms in total. The number of carbonyl (C=O) groups is 1. The van der Waals surface area contributed by atoms with Gasteiger partial charge in [-0.15, -0.1) is 0 Å². The number of benzene rings is 1. The SMILES string of the molecule is O=C(NC1CC1)c1cc(N2CC2)c([N+](=O)[O-])cc1[N+](=O)[O-]. The van der Waals surface area contributed by atoms with Gasteiger partial charge in [0.2, 0.25) is 0 Å². The molecule has 2 aliphatic rings. The molecule has 1 saturated carbocycles. The first-order valence-electron chi connectivity index (χ1n) is 6.50. The Balaban J connectivity index is 2.07. The summed E-state index contributed by atoms with van der Waals surface area (Å²) < 4.78 is 0. The lowest BCUT2D eigenvalue weighted by Gasteiger charge is -2.09. The molecular formula is C12H12N4O5. The lowest BCUT2D eigenvalue weighted by molar-refractivity contribution is -0.393. The molecule has 2 fully saturated rings. The fourth-order valence-electron chi connectivity index (χ4n) is 2.08. The molecule has 1 N–H and O–H groups in total. The smallest absolute Gasteiger partial charge is 0.299 e. The van der Waals surface area contributed by atoms with E-state index in [0.717, 1.165) is 18.9 Å². The zero-order chi connectivity index (χ0) is 15.1. The van der Waals surface area contributed by atoms with Gasteiger partial charge in [-0.05, 0) is 18.9 Å². The van der Waals surface area contributed by atoms with Crippen LogP contribution >= 0.6 is 0 Å². The molecule has 1 saturated heterocycles. The Bertz CT molecular complexity index is 651. The van der Waals surface area contributed by atoms with Crippen LogP contribution in [0.1, 0.15) is 23.2 Å². The molecule has 0 unspecified atom stereocenters. The number of hydrogen-bond donors (Lipinski definition) is 1. The Kier molecular flexibility index (Phi) is 2.96. The van der Waals surface area contributed by atoms with Gasteiger partial charge in [0.1, 0.15) is 11.3 Å². The fourth-order valence-corrected chi connectivity index (χ4v) is 2.08. The number of hydrogen-bond acceptors (Lipinski definition) is 6. The topological polar surface area (TPSA) is 118 Å². The lowest BCUT2D eigenvalue weighted by Crippen LogP contribution is -2.26. The predicted octanol–water partition coefficient (Wildman–Crippen LogP) is 1.22. The van der Waals surface area contributed by atoms with E-state index < -0.39 is 21.4 Å². The molecule has 0 bridgehead atoms. The molecule has 110 valence electrons. The highest BCUT2D eigenvalue weighted by atomic mass is 16.6. The molecule has 0 radical (unpaired) electrons. The number of rotatable bonds is 5. The molecule has 1 heterocycles. The van der Waals surface area contributed by atoms with E-state index in [4.69, 9.17) is 0 Å². The summed E-state index contributed by atoms with van der Waals surface area (Å²) in [7, 11) is 0. The standard InChI is InChI=1S/C12H12N4O5/c17-12(13-7-1-2-7)8-5-10(14-3-4-14)11(16(20)21)6-9(8)15(18)19/h5-7H,1-4H2,(H,13,17). The maximum absolute atomic E-state index is 12.1. The van der Waals surface area contributed by atoms with Gasteiger partial charge in [-0.25, -0.2) is 0 Å². The number of nitro groups is 2. The van der Waals surface area contributed by atoms with Crippen molar-refractivity contribution in [3.8, 4) is 0 Å². The van der Waals surface area contributed by atoms with Crippen LogP contribution in [-0.4, -0.2) is 34.9 Å². The van der Waals surface area contributed by atoms with Crippen LogP contribution in [0.3, 0.4) is 0 Å². The van der Waals surface area contributed by atoms with Crippen LogP contribution in [0.5, 0.6) is 0 Å². The third-order valence-corrected chi connectivity index (χ3v) is 3.43. The summed E-state index contributed by atoms with van der Waals surface area (Å²) in [4.78, 5) is 34.5. The van der Waals surface area contributed by atoms with E-state index in [1.54, 1.807) is 4.90 Å². The second-order valence-electron chi connectivity index (χ2n) is 5.11. The van der Waals surface area contributed by atoms with Crippen molar-refractivity contribution in [2.75, 3.05) is 18.0 Å². The van der Waals surface area contributed by atoms with Gasteiger partial charge >= 0.3 is 0 Å². The van der Waals surface area contributed by atoms with E-state index in [-0.39, 0.29) is 23.0 Å². The Morgan fingerprint density at radius 2 is 1.76 bits per heavy atom. The van der Waals surface area contributed by atoms with Crippen LogP contribution in [0, 0.1) is 20.2 Å². The van der Waals surface area contributed by atoms with Crippen molar-refractivity contribution in [3.05, 3.63) is 37.9 Å². The van der Waals surface area contributed by atoms with Crippen LogP contribution < -0.4 is 10.2 Å². The molecule has 21 heavy (non-hydrogen) atoms. The first kappa shape index (κ1) is 13.3. The van der Waals surface area contributed by atoms with Crippen molar-refractivity contribution in [3.63, 3.8) is 0 Å². The lowest BCUT2D eigenvalue weighted by atomic mass is 10.1. The molecule has 3 rings (SSSR count). The quantitative estimate of drug-likeness (QED) is 0.495. The van der Waals surface area contributed by atoms with E-state index in [2.05, 4.69) is 5.32 Å². The molecule has 1 aliphatic carbocycles. The number of nitrogens with zero attached hydrogens (tertiary/aromatic N) is 3. The fraction of sp³-hybridized carbons (Fsp3) is 0.417. The van der Waals surface area contributed by atoms with Crippen molar-refractivity contribution in [1.82, 2.24) is 5.32 Å². The van der Waals surface area contributed by atoms with Crippen LogP contribution in [0.4, 0.5) is 17.1 Å². The summed E-state index contributed by atoms with van der Waals surface area (Å²) >= 11 is 0. The Morgan fingerprint density at radius 3 is 2.24 bits per heavy atom. The second-order valence-corrected chi connectivity index (χ2v) is 5.11. The van der Waals surface area contributed by atoms with Gasteiger partial charge in [-0.2, -0.15) is 0 Å². The first-order valence-corrected chi connectivity index (χ1v) is 6.50. The average Bonchev–Trinajstić information content (AvgIpc) is 3.30. The normalized spacial score (nSPS) is 16.5. The molecule has 0 aromatic heterocycles. The predicted molar refractivity (Wildman–Crippen MR) is 72.5 cm³/mol. The molecule has 0 atom stereocenters. The number of anilines is 1. The molecule has 1 amide bonds.